The van der Waals surface area contributed by atoms with Crippen molar-refractivity contribution in [3.8, 4) is 11.5 Å². The number of carbonyl (C=O) groups is 1. The molecule has 6 heteroatoms. The van der Waals surface area contributed by atoms with E-state index in [-0.39, 0.29) is 11.3 Å². The van der Waals surface area contributed by atoms with Gasteiger partial charge in [-0.2, -0.15) is 5.10 Å². The van der Waals surface area contributed by atoms with E-state index < -0.39 is 5.97 Å². The summed E-state index contributed by atoms with van der Waals surface area (Å²) in [7, 11) is 1.47. The Morgan fingerprint density at radius 1 is 1.24 bits per heavy atom. The number of benzene rings is 2. The number of aromatic carboxylic acids is 1. The van der Waals surface area contributed by atoms with Crippen molar-refractivity contribution < 1.29 is 19.7 Å². The van der Waals surface area contributed by atoms with E-state index in [1.165, 1.54) is 25.5 Å². The summed E-state index contributed by atoms with van der Waals surface area (Å²) < 4.78 is 5.00. The Kier molecular flexibility index (Phi) is 4.40. The molecule has 21 heavy (non-hydrogen) atoms. The molecule has 0 unspecified atom stereocenters. The van der Waals surface area contributed by atoms with Crippen LogP contribution in [0.25, 0.3) is 0 Å². The van der Waals surface area contributed by atoms with Crippen molar-refractivity contribution in [3.05, 3.63) is 53.6 Å². The van der Waals surface area contributed by atoms with E-state index in [1.54, 1.807) is 30.3 Å². The van der Waals surface area contributed by atoms with Crippen LogP contribution in [0.5, 0.6) is 11.5 Å². The minimum absolute atomic E-state index is 0.00627. The van der Waals surface area contributed by atoms with Crippen LogP contribution >= 0.6 is 0 Å². The second-order valence-electron chi connectivity index (χ2n) is 4.15. The molecule has 0 atom stereocenters. The number of carboxylic acids is 1. The van der Waals surface area contributed by atoms with Crippen LogP contribution in [-0.2, 0) is 0 Å². The minimum Gasteiger partial charge on any atom is -0.504 e. The van der Waals surface area contributed by atoms with E-state index >= 15 is 0 Å². The first-order valence-electron chi connectivity index (χ1n) is 6.10. The van der Waals surface area contributed by atoms with Crippen LogP contribution in [0.4, 0.5) is 5.69 Å². The van der Waals surface area contributed by atoms with E-state index in [0.717, 1.165) is 0 Å². The highest BCUT2D eigenvalue weighted by Crippen LogP contribution is 2.27. The Morgan fingerprint density at radius 2 is 1.95 bits per heavy atom. The fraction of sp³-hybridized carbons (Fsp3) is 0.0667. The van der Waals surface area contributed by atoms with Gasteiger partial charge in [0.25, 0.3) is 0 Å². The van der Waals surface area contributed by atoms with Gasteiger partial charge < -0.3 is 14.9 Å². The van der Waals surface area contributed by atoms with Crippen molar-refractivity contribution in [3.63, 3.8) is 0 Å². The molecule has 0 fully saturated rings. The van der Waals surface area contributed by atoms with E-state index in [9.17, 15) is 9.90 Å². The lowest BCUT2D eigenvalue weighted by molar-refractivity contribution is 0.0697. The first-order valence-corrected chi connectivity index (χ1v) is 6.10. The molecule has 0 saturated heterocycles. The highest BCUT2D eigenvalue weighted by Gasteiger charge is 2.04. The van der Waals surface area contributed by atoms with Crippen LogP contribution in [0, 0.1) is 0 Å². The Labute approximate surface area is 121 Å². The summed E-state index contributed by atoms with van der Waals surface area (Å²) >= 11 is 0. The molecule has 3 N–H and O–H groups in total. The van der Waals surface area contributed by atoms with Gasteiger partial charge in [0.1, 0.15) is 0 Å². The summed E-state index contributed by atoms with van der Waals surface area (Å²) in [4.78, 5) is 10.7. The number of ether oxygens (including phenoxy) is 1. The molecule has 2 rings (SSSR count). The number of aromatic hydroxyl groups is 1. The SMILES string of the molecule is COc1cccc(/C=N\Nc2ccc(C(=O)O)cc2)c1O. The maximum Gasteiger partial charge on any atom is 0.335 e. The molecule has 0 aliphatic heterocycles. The number of hydrogen-bond donors (Lipinski definition) is 3. The molecule has 0 aromatic heterocycles. The lowest BCUT2D eigenvalue weighted by atomic mass is 10.2. The average Bonchev–Trinajstić information content (AvgIpc) is 2.49. The van der Waals surface area contributed by atoms with Crippen LogP contribution in [-0.4, -0.2) is 29.5 Å². The number of nitrogens with one attached hydrogen (secondary N) is 1. The van der Waals surface area contributed by atoms with Gasteiger partial charge in [-0.05, 0) is 36.4 Å². The number of phenols is 1. The molecule has 2 aromatic rings. The van der Waals surface area contributed by atoms with Crippen LogP contribution in [0.2, 0.25) is 0 Å². The quantitative estimate of drug-likeness (QED) is 0.580. The largest absolute Gasteiger partial charge is 0.504 e. The predicted octanol–water partition coefficient (Wildman–Crippen LogP) is 2.55. The summed E-state index contributed by atoms with van der Waals surface area (Å²) in [6.45, 7) is 0. The summed E-state index contributed by atoms with van der Waals surface area (Å²) in [5, 5.41) is 22.6. The number of rotatable bonds is 5. The third-order valence-electron chi connectivity index (χ3n) is 2.78. The third-order valence-corrected chi connectivity index (χ3v) is 2.78. The number of carboxylic acid groups (broad SMARTS) is 1. The lowest BCUT2D eigenvalue weighted by Gasteiger charge is -2.05. The topological polar surface area (TPSA) is 91.2 Å². The van der Waals surface area contributed by atoms with E-state index in [1.807, 2.05) is 0 Å². The van der Waals surface area contributed by atoms with Crippen LogP contribution < -0.4 is 10.2 Å². The molecular weight excluding hydrogens is 272 g/mol. The van der Waals surface area contributed by atoms with Gasteiger partial charge >= 0.3 is 5.97 Å². The first kappa shape index (κ1) is 14.4. The summed E-state index contributed by atoms with van der Waals surface area (Å²) in [6.07, 6.45) is 1.45. The van der Waals surface area contributed by atoms with Gasteiger partial charge in [-0.25, -0.2) is 4.79 Å². The second kappa shape index (κ2) is 6.42. The number of para-hydroxylation sites is 1. The average molecular weight is 286 g/mol. The van der Waals surface area contributed by atoms with Crippen molar-refractivity contribution in [2.24, 2.45) is 5.10 Å². The zero-order chi connectivity index (χ0) is 15.2. The predicted molar refractivity (Wildman–Crippen MR) is 79.3 cm³/mol. The lowest BCUT2D eigenvalue weighted by Crippen LogP contribution is -1.96. The van der Waals surface area contributed by atoms with E-state index in [0.29, 0.717) is 17.0 Å². The van der Waals surface area contributed by atoms with Crippen molar-refractivity contribution in [2.75, 3.05) is 12.5 Å². The number of anilines is 1. The Balaban J connectivity index is 2.07. The monoisotopic (exact) mass is 286 g/mol. The van der Waals surface area contributed by atoms with Gasteiger partial charge in [0.15, 0.2) is 11.5 Å². The molecule has 0 bridgehead atoms. The smallest absolute Gasteiger partial charge is 0.335 e. The van der Waals surface area contributed by atoms with Crippen LogP contribution in [0.15, 0.2) is 47.6 Å². The fourth-order valence-electron chi connectivity index (χ4n) is 1.67. The highest BCUT2D eigenvalue weighted by atomic mass is 16.5. The van der Waals surface area contributed by atoms with Gasteiger partial charge in [0.05, 0.1) is 24.6 Å². The number of phenolic OH excluding ortho intramolecular Hbond substituents is 1. The summed E-state index contributed by atoms with van der Waals surface area (Å²) in [6, 6.07) is 11.2. The zero-order valence-corrected chi connectivity index (χ0v) is 11.3. The maximum absolute atomic E-state index is 10.7. The molecule has 0 saturated carbocycles. The van der Waals surface area contributed by atoms with Crippen molar-refractivity contribution in [1.82, 2.24) is 0 Å². The number of methoxy groups -OCH3 is 1. The number of hydrogen-bond acceptors (Lipinski definition) is 5. The molecule has 0 aliphatic carbocycles. The molecule has 0 radical (unpaired) electrons. The van der Waals surface area contributed by atoms with Crippen molar-refractivity contribution >= 4 is 17.9 Å². The number of hydrazone groups is 1. The fourth-order valence-corrected chi connectivity index (χ4v) is 1.67. The van der Waals surface area contributed by atoms with Crippen molar-refractivity contribution in [1.29, 1.82) is 0 Å². The maximum atomic E-state index is 10.7. The Hall–Kier alpha value is -3.02. The van der Waals surface area contributed by atoms with Crippen molar-refractivity contribution in [2.45, 2.75) is 0 Å². The van der Waals surface area contributed by atoms with Gasteiger partial charge in [0, 0.05) is 5.56 Å². The molecule has 0 aliphatic rings. The van der Waals surface area contributed by atoms with E-state index in [2.05, 4.69) is 10.5 Å². The van der Waals surface area contributed by atoms with Gasteiger partial charge in [-0.1, -0.05) is 6.07 Å². The zero-order valence-electron chi connectivity index (χ0n) is 11.3. The molecule has 0 spiro atoms. The molecule has 108 valence electrons. The summed E-state index contributed by atoms with van der Waals surface area (Å²) in [5.74, 6) is -0.608. The minimum atomic E-state index is -0.980. The Bertz CT molecular complexity index is 666. The standard InChI is InChI=1S/C15H14N2O4/c1-21-13-4-2-3-11(14(13)18)9-16-17-12-7-5-10(6-8-12)15(19)20/h2-9,17-18H,1H3,(H,19,20)/b16-9-. The normalized spacial score (nSPS) is 10.5. The molecule has 2 aromatic carbocycles. The Morgan fingerprint density at radius 3 is 2.57 bits per heavy atom. The van der Waals surface area contributed by atoms with E-state index in [4.69, 9.17) is 9.84 Å². The highest BCUT2D eigenvalue weighted by molar-refractivity contribution is 5.88. The van der Waals surface area contributed by atoms with Crippen LogP contribution in [0.3, 0.4) is 0 Å². The second-order valence-corrected chi connectivity index (χ2v) is 4.15. The van der Waals surface area contributed by atoms with Gasteiger partial charge in [-0.3, -0.25) is 5.43 Å². The number of nitrogens with zero attached hydrogens (tertiary/aromatic N) is 1. The van der Waals surface area contributed by atoms with Crippen LogP contribution in [0.1, 0.15) is 15.9 Å². The molecule has 0 heterocycles. The molecule has 0 amide bonds. The third kappa shape index (κ3) is 3.50. The van der Waals surface area contributed by atoms with Gasteiger partial charge in [0.2, 0.25) is 0 Å². The molecular formula is C15H14N2O4. The molecule has 6 nitrogen and oxygen atoms in total. The van der Waals surface area contributed by atoms with Gasteiger partial charge in [-0.15, -0.1) is 0 Å². The first-order chi connectivity index (χ1) is 10.1. The summed E-state index contributed by atoms with van der Waals surface area (Å²) in [5.41, 5.74) is 4.09.